The van der Waals surface area contributed by atoms with Gasteiger partial charge in [0.05, 0.1) is 30.9 Å². The number of fused-ring (bicyclic) bond motifs is 1. The van der Waals surface area contributed by atoms with Crippen LogP contribution in [-0.2, 0) is 9.59 Å². The maximum atomic E-state index is 13.5. The van der Waals surface area contributed by atoms with Gasteiger partial charge in [0.2, 0.25) is 11.8 Å². The summed E-state index contributed by atoms with van der Waals surface area (Å²) in [4.78, 5) is 27.2. The SMILES string of the molecule is CCOc1ccc(C2=NN(C3CCN(C(=O)CCl)CC3)C(=O)[C@@H]3CC=CC[C@H]23)cc1OCC. The molecular weight excluding hydrogens is 442 g/mol. The molecule has 0 spiro atoms. The van der Waals surface area contributed by atoms with E-state index in [9.17, 15) is 9.59 Å². The second kappa shape index (κ2) is 10.6. The van der Waals surface area contributed by atoms with E-state index in [0.29, 0.717) is 50.6 Å². The van der Waals surface area contributed by atoms with Crippen molar-refractivity contribution in [2.75, 3.05) is 32.2 Å². The smallest absolute Gasteiger partial charge is 0.247 e. The first kappa shape index (κ1) is 23.6. The van der Waals surface area contributed by atoms with Crippen LogP contribution in [0.15, 0.2) is 35.5 Å². The molecule has 33 heavy (non-hydrogen) atoms. The molecule has 2 amide bonds. The molecule has 0 aromatic heterocycles. The molecule has 0 unspecified atom stereocenters. The number of halogens is 1. The predicted molar refractivity (Wildman–Crippen MR) is 128 cm³/mol. The number of hydrogen-bond donors (Lipinski definition) is 0. The lowest BCUT2D eigenvalue weighted by Crippen LogP contribution is -2.53. The number of carbonyl (C=O) groups is 2. The Balaban J connectivity index is 1.65. The third-order valence-corrected chi connectivity index (χ3v) is 6.89. The molecule has 0 saturated carbocycles. The third-order valence-electron chi connectivity index (χ3n) is 6.66. The topological polar surface area (TPSA) is 71.4 Å². The summed E-state index contributed by atoms with van der Waals surface area (Å²) < 4.78 is 11.6. The molecule has 0 N–H and O–H groups in total. The normalized spacial score (nSPS) is 23.2. The van der Waals surface area contributed by atoms with E-state index in [2.05, 4.69) is 12.2 Å². The number of likely N-dealkylation sites (tertiary alicyclic amines) is 1. The van der Waals surface area contributed by atoms with Crippen LogP contribution in [0.5, 0.6) is 11.5 Å². The highest BCUT2D eigenvalue weighted by molar-refractivity contribution is 6.27. The second-order valence-electron chi connectivity index (χ2n) is 8.60. The number of amides is 2. The highest BCUT2D eigenvalue weighted by atomic mass is 35.5. The molecule has 1 aromatic carbocycles. The minimum atomic E-state index is -0.118. The number of carbonyl (C=O) groups excluding carboxylic acids is 2. The van der Waals surface area contributed by atoms with Gasteiger partial charge in [0.1, 0.15) is 5.88 Å². The van der Waals surface area contributed by atoms with Gasteiger partial charge in [-0.1, -0.05) is 12.2 Å². The van der Waals surface area contributed by atoms with Gasteiger partial charge in [-0.3, -0.25) is 9.59 Å². The van der Waals surface area contributed by atoms with E-state index in [1.165, 1.54) is 0 Å². The molecule has 2 atom stereocenters. The lowest BCUT2D eigenvalue weighted by molar-refractivity contribution is -0.142. The molecular formula is C25H32ClN3O4. The summed E-state index contributed by atoms with van der Waals surface area (Å²) in [7, 11) is 0. The molecule has 2 aliphatic heterocycles. The van der Waals surface area contributed by atoms with E-state index in [-0.39, 0.29) is 35.6 Å². The fourth-order valence-electron chi connectivity index (χ4n) is 4.99. The molecule has 2 heterocycles. The number of piperidine rings is 1. The Morgan fingerprint density at radius 2 is 1.73 bits per heavy atom. The van der Waals surface area contributed by atoms with Crippen molar-refractivity contribution < 1.29 is 19.1 Å². The molecule has 1 aliphatic carbocycles. The number of hydrogen-bond acceptors (Lipinski definition) is 5. The Labute approximate surface area is 200 Å². The monoisotopic (exact) mass is 473 g/mol. The predicted octanol–water partition coefficient (Wildman–Crippen LogP) is 3.84. The van der Waals surface area contributed by atoms with Crippen LogP contribution in [-0.4, -0.2) is 65.7 Å². The standard InChI is InChI=1S/C25H32ClN3O4/c1-3-32-21-10-9-17(15-22(21)33-4-2)24-19-7-5-6-8-20(19)25(31)29(27-24)18-11-13-28(14-12-18)23(30)16-26/h5-6,9-10,15,18-20H,3-4,7-8,11-14,16H2,1-2H3/t19-,20+/m0/s1. The van der Waals surface area contributed by atoms with Crippen LogP contribution in [0, 0.1) is 11.8 Å². The van der Waals surface area contributed by atoms with Crippen molar-refractivity contribution in [3.63, 3.8) is 0 Å². The molecule has 1 fully saturated rings. The Morgan fingerprint density at radius 3 is 2.39 bits per heavy atom. The fourth-order valence-corrected chi connectivity index (χ4v) is 5.16. The first-order chi connectivity index (χ1) is 16.1. The number of benzene rings is 1. The number of allylic oxidation sites excluding steroid dienone is 2. The lowest BCUT2D eigenvalue weighted by atomic mass is 9.76. The highest BCUT2D eigenvalue weighted by Gasteiger charge is 2.43. The van der Waals surface area contributed by atoms with Crippen LogP contribution >= 0.6 is 11.6 Å². The number of ether oxygens (including phenoxy) is 2. The van der Waals surface area contributed by atoms with E-state index in [4.69, 9.17) is 26.2 Å². The first-order valence-corrected chi connectivity index (χ1v) is 12.4. The van der Waals surface area contributed by atoms with Gasteiger partial charge in [0.15, 0.2) is 11.5 Å². The van der Waals surface area contributed by atoms with Crippen molar-refractivity contribution in [2.24, 2.45) is 16.9 Å². The van der Waals surface area contributed by atoms with Crippen LogP contribution in [0.1, 0.15) is 45.1 Å². The largest absolute Gasteiger partial charge is 0.490 e. The van der Waals surface area contributed by atoms with Gasteiger partial charge in [0.25, 0.3) is 0 Å². The number of nitrogens with zero attached hydrogens (tertiary/aromatic N) is 3. The molecule has 8 heteroatoms. The minimum absolute atomic E-state index is 0.00833. The maximum absolute atomic E-state index is 13.5. The molecule has 0 bridgehead atoms. The maximum Gasteiger partial charge on any atom is 0.247 e. The Hall–Kier alpha value is -2.54. The number of hydrazone groups is 1. The molecule has 3 aliphatic rings. The van der Waals surface area contributed by atoms with Crippen LogP contribution < -0.4 is 9.47 Å². The molecule has 1 saturated heterocycles. The first-order valence-electron chi connectivity index (χ1n) is 11.9. The zero-order valence-corrected chi connectivity index (χ0v) is 20.1. The Kier molecular flexibility index (Phi) is 7.58. The van der Waals surface area contributed by atoms with Crippen LogP contribution in [0.2, 0.25) is 0 Å². The van der Waals surface area contributed by atoms with Gasteiger partial charge in [-0.25, -0.2) is 5.01 Å². The lowest BCUT2D eigenvalue weighted by Gasteiger charge is -2.42. The summed E-state index contributed by atoms with van der Waals surface area (Å²) >= 11 is 5.72. The summed E-state index contributed by atoms with van der Waals surface area (Å²) in [5, 5.41) is 6.65. The average molecular weight is 474 g/mol. The van der Waals surface area contributed by atoms with Crippen molar-refractivity contribution in [3.05, 3.63) is 35.9 Å². The van der Waals surface area contributed by atoms with E-state index in [1.54, 1.807) is 9.91 Å². The minimum Gasteiger partial charge on any atom is -0.490 e. The summed E-state index contributed by atoms with van der Waals surface area (Å²) in [6.45, 7) is 6.18. The van der Waals surface area contributed by atoms with Gasteiger partial charge in [-0.05, 0) is 57.7 Å². The molecule has 1 aromatic rings. The van der Waals surface area contributed by atoms with Gasteiger partial charge in [0, 0.05) is 24.6 Å². The van der Waals surface area contributed by atoms with E-state index < -0.39 is 0 Å². The molecule has 0 radical (unpaired) electrons. The van der Waals surface area contributed by atoms with Crippen molar-refractivity contribution >= 4 is 29.1 Å². The van der Waals surface area contributed by atoms with Crippen LogP contribution in [0.3, 0.4) is 0 Å². The van der Waals surface area contributed by atoms with Gasteiger partial charge < -0.3 is 14.4 Å². The van der Waals surface area contributed by atoms with Crippen molar-refractivity contribution in [3.8, 4) is 11.5 Å². The summed E-state index contributed by atoms with van der Waals surface area (Å²) in [5.41, 5.74) is 1.88. The summed E-state index contributed by atoms with van der Waals surface area (Å²) in [5.74, 6) is 1.36. The fraction of sp³-hybridized carbons (Fsp3) is 0.560. The summed E-state index contributed by atoms with van der Waals surface area (Å²) in [6, 6.07) is 5.90. The second-order valence-corrected chi connectivity index (χ2v) is 8.86. The Morgan fingerprint density at radius 1 is 1.06 bits per heavy atom. The van der Waals surface area contributed by atoms with Crippen molar-refractivity contribution in [2.45, 2.75) is 45.6 Å². The molecule has 178 valence electrons. The van der Waals surface area contributed by atoms with Gasteiger partial charge >= 0.3 is 0 Å². The Bertz CT molecular complexity index is 940. The average Bonchev–Trinajstić information content (AvgIpc) is 2.85. The third kappa shape index (κ3) is 4.88. The van der Waals surface area contributed by atoms with Gasteiger partial charge in [-0.2, -0.15) is 5.10 Å². The quantitative estimate of drug-likeness (QED) is 0.445. The van der Waals surface area contributed by atoms with Crippen LogP contribution in [0.4, 0.5) is 0 Å². The van der Waals surface area contributed by atoms with Crippen molar-refractivity contribution in [1.82, 2.24) is 9.91 Å². The van der Waals surface area contributed by atoms with Crippen LogP contribution in [0.25, 0.3) is 0 Å². The van der Waals surface area contributed by atoms with Gasteiger partial charge in [-0.15, -0.1) is 11.6 Å². The zero-order valence-electron chi connectivity index (χ0n) is 19.3. The van der Waals surface area contributed by atoms with E-state index in [1.807, 2.05) is 32.0 Å². The molecule has 4 rings (SSSR count). The van der Waals surface area contributed by atoms with E-state index in [0.717, 1.165) is 24.1 Å². The van der Waals surface area contributed by atoms with E-state index >= 15 is 0 Å². The number of rotatable bonds is 7. The zero-order chi connectivity index (χ0) is 23.4. The number of alkyl halides is 1. The van der Waals surface area contributed by atoms with Crippen molar-refractivity contribution in [1.29, 1.82) is 0 Å². The highest BCUT2D eigenvalue weighted by Crippen LogP contribution is 2.38. The molecule has 7 nitrogen and oxygen atoms in total. The summed E-state index contributed by atoms with van der Waals surface area (Å²) in [6.07, 6.45) is 7.16.